The second-order valence-electron chi connectivity index (χ2n) is 4.31. The molecule has 1 aromatic heterocycles. The fourth-order valence-corrected chi connectivity index (χ4v) is 2.20. The summed E-state index contributed by atoms with van der Waals surface area (Å²) < 4.78 is 5.15. The molecule has 1 aliphatic heterocycles. The topological polar surface area (TPSA) is 75.2 Å². The summed E-state index contributed by atoms with van der Waals surface area (Å²) in [4.78, 5) is 6.39. The highest BCUT2D eigenvalue weighted by Crippen LogP contribution is 2.25. The van der Waals surface area contributed by atoms with Gasteiger partial charge in [0.15, 0.2) is 0 Å². The highest BCUT2D eigenvalue weighted by atomic mass is 16.5. The minimum atomic E-state index is 0.519. The monoisotopic (exact) mass is 232 g/mol. The first-order valence-corrected chi connectivity index (χ1v) is 5.64. The first-order chi connectivity index (χ1) is 8.24. The third-order valence-electron chi connectivity index (χ3n) is 3.00. The second-order valence-corrected chi connectivity index (χ2v) is 4.31. The van der Waals surface area contributed by atoms with E-state index in [1.165, 1.54) is 0 Å². The number of ether oxygens (including phenoxy) is 1. The van der Waals surface area contributed by atoms with Crippen molar-refractivity contribution in [3.05, 3.63) is 17.8 Å². The summed E-state index contributed by atoms with van der Waals surface area (Å²) in [7, 11) is 1.71. The quantitative estimate of drug-likeness (QED) is 0.841. The van der Waals surface area contributed by atoms with E-state index in [2.05, 4.69) is 16.0 Å². The molecule has 1 aromatic rings. The summed E-state index contributed by atoms with van der Waals surface area (Å²) in [5, 5.41) is 9.08. The van der Waals surface area contributed by atoms with Crippen LogP contribution in [0.25, 0.3) is 0 Å². The van der Waals surface area contributed by atoms with Crippen LogP contribution in [0.3, 0.4) is 0 Å². The van der Waals surface area contributed by atoms with E-state index in [9.17, 15) is 0 Å². The van der Waals surface area contributed by atoms with E-state index < -0.39 is 0 Å². The number of nitrogen functional groups attached to an aromatic ring is 1. The van der Waals surface area contributed by atoms with Crippen LogP contribution in [0.5, 0.6) is 0 Å². The molecule has 1 unspecified atom stereocenters. The number of hydrogen-bond donors (Lipinski definition) is 1. The Hall–Kier alpha value is -1.80. The van der Waals surface area contributed by atoms with E-state index in [1.807, 2.05) is 0 Å². The van der Waals surface area contributed by atoms with Crippen molar-refractivity contribution in [1.29, 1.82) is 5.26 Å². The molecule has 1 atom stereocenters. The molecule has 90 valence electrons. The molecule has 17 heavy (non-hydrogen) atoms. The number of pyridine rings is 1. The van der Waals surface area contributed by atoms with Gasteiger partial charge in [0.2, 0.25) is 0 Å². The molecule has 2 heterocycles. The average molecular weight is 232 g/mol. The highest BCUT2D eigenvalue weighted by molar-refractivity contribution is 5.59. The lowest BCUT2D eigenvalue weighted by Gasteiger charge is -2.18. The molecule has 5 nitrogen and oxygen atoms in total. The van der Waals surface area contributed by atoms with E-state index in [0.717, 1.165) is 31.9 Å². The lowest BCUT2D eigenvalue weighted by atomic mass is 10.1. The van der Waals surface area contributed by atoms with Crippen molar-refractivity contribution in [1.82, 2.24) is 4.98 Å². The van der Waals surface area contributed by atoms with Crippen molar-refractivity contribution in [3.8, 4) is 6.07 Å². The second kappa shape index (κ2) is 5.02. The van der Waals surface area contributed by atoms with Crippen molar-refractivity contribution in [2.45, 2.75) is 6.42 Å². The maximum Gasteiger partial charge on any atom is 0.146 e. The lowest BCUT2D eigenvalue weighted by molar-refractivity contribution is 0.161. The summed E-state index contributed by atoms with van der Waals surface area (Å²) in [5.74, 6) is 1.26. The summed E-state index contributed by atoms with van der Waals surface area (Å²) in [6, 6.07) is 3.82. The van der Waals surface area contributed by atoms with Crippen LogP contribution in [0, 0.1) is 17.2 Å². The predicted octanol–water partition coefficient (Wildman–Crippen LogP) is 1.01. The van der Waals surface area contributed by atoms with Gasteiger partial charge in [-0.1, -0.05) is 0 Å². The van der Waals surface area contributed by atoms with Crippen molar-refractivity contribution >= 4 is 11.5 Å². The van der Waals surface area contributed by atoms with Crippen molar-refractivity contribution in [3.63, 3.8) is 0 Å². The molecule has 0 saturated carbocycles. The molecule has 0 radical (unpaired) electrons. The summed E-state index contributed by atoms with van der Waals surface area (Å²) >= 11 is 0. The Morgan fingerprint density at radius 1 is 1.71 bits per heavy atom. The van der Waals surface area contributed by atoms with Crippen LogP contribution in [-0.2, 0) is 4.74 Å². The smallest absolute Gasteiger partial charge is 0.146 e. The van der Waals surface area contributed by atoms with E-state index in [1.54, 1.807) is 19.4 Å². The minimum Gasteiger partial charge on any atom is -0.397 e. The fourth-order valence-electron chi connectivity index (χ4n) is 2.20. The van der Waals surface area contributed by atoms with Crippen LogP contribution in [0.4, 0.5) is 11.5 Å². The molecular weight excluding hydrogens is 216 g/mol. The molecule has 5 heteroatoms. The Labute approximate surface area is 101 Å². The number of methoxy groups -OCH3 is 1. The van der Waals surface area contributed by atoms with Gasteiger partial charge in [-0.2, -0.15) is 5.26 Å². The van der Waals surface area contributed by atoms with Crippen LogP contribution in [-0.4, -0.2) is 31.8 Å². The molecule has 1 saturated heterocycles. The number of nitrogens with two attached hydrogens (primary N) is 1. The molecule has 2 N–H and O–H groups in total. The van der Waals surface area contributed by atoms with Gasteiger partial charge in [0, 0.05) is 26.1 Å². The number of anilines is 2. The van der Waals surface area contributed by atoms with Crippen LogP contribution < -0.4 is 10.6 Å². The molecule has 0 amide bonds. The third kappa shape index (κ3) is 2.48. The fraction of sp³-hybridized carbons (Fsp3) is 0.500. The molecule has 1 fully saturated rings. The molecule has 0 spiro atoms. The standard InChI is InChI=1S/C12H16N4O/c1-17-8-9-2-3-16(7-9)12-10(5-13)4-11(14)6-15-12/h4,6,9H,2-3,7-8,14H2,1H3. The zero-order chi connectivity index (χ0) is 12.3. The SMILES string of the molecule is COCC1CCN(c2ncc(N)cc2C#N)C1. The van der Waals surface area contributed by atoms with Gasteiger partial charge in [-0.3, -0.25) is 0 Å². The molecule has 1 aliphatic rings. The number of aromatic nitrogens is 1. The summed E-state index contributed by atoms with van der Waals surface area (Å²) in [5.41, 5.74) is 6.69. The van der Waals surface area contributed by atoms with Crippen LogP contribution in [0.2, 0.25) is 0 Å². The van der Waals surface area contributed by atoms with Gasteiger partial charge in [-0.15, -0.1) is 0 Å². The zero-order valence-electron chi connectivity index (χ0n) is 9.89. The molecule has 0 bridgehead atoms. The Balaban J connectivity index is 2.16. The zero-order valence-corrected chi connectivity index (χ0v) is 9.89. The van der Waals surface area contributed by atoms with E-state index >= 15 is 0 Å². The van der Waals surface area contributed by atoms with E-state index in [4.69, 9.17) is 15.7 Å². The Morgan fingerprint density at radius 2 is 2.53 bits per heavy atom. The predicted molar refractivity (Wildman–Crippen MR) is 65.6 cm³/mol. The van der Waals surface area contributed by atoms with Gasteiger partial charge in [0.1, 0.15) is 11.9 Å². The van der Waals surface area contributed by atoms with Gasteiger partial charge in [-0.25, -0.2) is 4.98 Å². The summed E-state index contributed by atoms with van der Waals surface area (Å²) in [6.07, 6.45) is 2.67. The molecule has 0 aromatic carbocycles. The Morgan fingerprint density at radius 3 is 3.24 bits per heavy atom. The van der Waals surface area contributed by atoms with Gasteiger partial charge >= 0.3 is 0 Å². The maximum atomic E-state index is 9.08. The van der Waals surface area contributed by atoms with Crippen molar-refractivity contribution < 1.29 is 4.74 Å². The number of hydrogen-bond acceptors (Lipinski definition) is 5. The lowest BCUT2D eigenvalue weighted by Crippen LogP contribution is -2.23. The van der Waals surface area contributed by atoms with Gasteiger partial charge < -0.3 is 15.4 Å². The molecular formula is C12H16N4O. The first-order valence-electron chi connectivity index (χ1n) is 5.64. The van der Waals surface area contributed by atoms with Crippen molar-refractivity contribution in [2.24, 2.45) is 5.92 Å². The average Bonchev–Trinajstić information content (AvgIpc) is 2.78. The van der Waals surface area contributed by atoms with Gasteiger partial charge in [-0.05, 0) is 12.5 Å². The van der Waals surface area contributed by atoms with Crippen LogP contribution in [0.15, 0.2) is 12.3 Å². The largest absolute Gasteiger partial charge is 0.397 e. The van der Waals surface area contributed by atoms with E-state index in [0.29, 0.717) is 17.2 Å². The molecule has 0 aliphatic carbocycles. The first kappa shape index (κ1) is 11.7. The molecule has 2 rings (SSSR count). The highest BCUT2D eigenvalue weighted by Gasteiger charge is 2.25. The number of nitriles is 1. The van der Waals surface area contributed by atoms with Gasteiger partial charge in [0.25, 0.3) is 0 Å². The minimum absolute atomic E-state index is 0.519. The van der Waals surface area contributed by atoms with Crippen LogP contribution in [0.1, 0.15) is 12.0 Å². The van der Waals surface area contributed by atoms with E-state index in [-0.39, 0.29) is 0 Å². The number of rotatable bonds is 3. The maximum absolute atomic E-state index is 9.08. The van der Waals surface area contributed by atoms with Crippen molar-refractivity contribution in [2.75, 3.05) is 37.4 Å². The third-order valence-corrected chi connectivity index (χ3v) is 3.00. The Bertz CT molecular complexity index is 441. The normalized spacial score (nSPS) is 19.3. The van der Waals surface area contributed by atoms with Gasteiger partial charge in [0.05, 0.1) is 24.1 Å². The van der Waals surface area contributed by atoms with Crippen LogP contribution >= 0.6 is 0 Å². The number of nitrogens with zero attached hydrogens (tertiary/aromatic N) is 3. The summed E-state index contributed by atoms with van der Waals surface area (Å²) in [6.45, 7) is 2.56. The Kier molecular flexibility index (Phi) is 3.45.